The van der Waals surface area contributed by atoms with Crippen LogP contribution in [0.25, 0.3) is 27.9 Å². The van der Waals surface area contributed by atoms with Gasteiger partial charge in [-0.3, -0.25) is 9.36 Å². The zero-order valence-corrected chi connectivity index (χ0v) is 18.8. The molecule has 1 aliphatic rings. The minimum absolute atomic E-state index is 0.00608. The van der Waals surface area contributed by atoms with Crippen LogP contribution in [0.1, 0.15) is 11.1 Å². The summed E-state index contributed by atoms with van der Waals surface area (Å²) < 4.78 is 7.41. The van der Waals surface area contributed by atoms with E-state index in [2.05, 4.69) is 6.07 Å². The molecule has 166 valence electrons. The maximum atomic E-state index is 14.0. The van der Waals surface area contributed by atoms with Crippen molar-refractivity contribution >= 4 is 22.7 Å². The lowest BCUT2D eigenvalue weighted by molar-refractivity contribution is 0.445. The van der Waals surface area contributed by atoms with E-state index in [-0.39, 0.29) is 21.6 Å². The number of pyridine rings is 1. The fourth-order valence-electron chi connectivity index (χ4n) is 4.64. The van der Waals surface area contributed by atoms with Crippen molar-refractivity contribution in [3.63, 3.8) is 0 Å². The van der Waals surface area contributed by atoms with Crippen molar-refractivity contribution in [2.24, 2.45) is 0 Å². The first-order valence-electron chi connectivity index (χ1n) is 11.0. The highest BCUT2D eigenvalue weighted by Crippen LogP contribution is 2.41. The van der Waals surface area contributed by atoms with E-state index >= 15 is 0 Å². The van der Waals surface area contributed by atoms with Crippen molar-refractivity contribution in [3.8, 4) is 22.7 Å². The van der Waals surface area contributed by atoms with Gasteiger partial charge in [-0.1, -0.05) is 72.4 Å². The van der Waals surface area contributed by atoms with Crippen molar-refractivity contribution in [2.75, 3.05) is 0 Å². The number of aryl methyl sites for hydroxylation is 2. The summed E-state index contributed by atoms with van der Waals surface area (Å²) in [5.41, 5.74) is 3.28. The number of aromatic hydroxyl groups is 1. The Bertz CT molecular complexity index is 1670. The molecule has 5 nitrogen and oxygen atoms in total. The van der Waals surface area contributed by atoms with Crippen LogP contribution in [0.2, 0.25) is 0 Å². The Kier molecular flexibility index (Phi) is 4.89. The normalized spacial score (nSPS) is 12.4. The van der Waals surface area contributed by atoms with Crippen molar-refractivity contribution in [3.05, 3.63) is 117 Å². The molecule has 0 saturated heterocycles. The third kappa shape index (κ3) is 3.18. The van der Waals surface area contributed by atoms with Gasteiger partial charge in [-0.2, -0.15) is 0 Å². The summed E-state index contributed by atoms with van der Waals surface area (Å²) in [6, 6.07) is 26.5. The topological polar surface area (TPSA) is 72.4 Å². The van der Waals surface area contributed by atoms with Gasteiger partial charge in [-0.05, 0) is 42.7 Å². The average Bonchev–Trinajstić information content (AvgIpc) is 2.87. The molecule has 0 fully saturated rings. The van der Waals surface area contributed by atoms with Crippen LogP contribution in [0.15, 0.2) is 109 Å². The number of hydrogen-bond acceptors (Lipinski definition) is 5. The smallest absolute Gasteiger partial charge is 0.354 e. The predicted octanol–water partition coefficient (Wildman–Crippen LogP) is 5.57. The predicted molar refractivity (Wildman–Crippen MR) is 133 cm³/mol. The molecule has 6 heteroatoms. The molecule has 3 aromatic carbocycles. The highest BCUT2D eigenvalue weighted by Gasteiger charge is 2.29. The molecule has 0 radical (unpaired) electrons. The number of para-hydroxylation sites is 1. The summed E-state index contributed by atoms with van der Waals surface area (Å²) in [6.07, 6.45) is 1.33. The van der Waals surface area contributed by atoms with E-state index in [0.717, 1.165) is 39.8 Å². The van der Waals surface area contributed by atoms with Crippen LogP contribution in [0.3, 0.4) is 0 Å². The van der Waals surface area contributed by atoms with E-state index in [9.17, 15) is 14.7 Å². The average molecular weight is 466 g/mol. The molecule has 0 amide bonds. The van der Waals surface area contributed by atoms with Gasteiger partial charge >= 0.3 is 5.63 Å². The summed E-state index contributed by atoms with van der Waals surface area (Å²) in [7, 11) is 0. The Labute approximate surface area is 198 Å². The van der Waals surface area contributed by atoms with Gasteiger partial charge in [0.2, 0.25) is 0 Å². The highest BCUT2D eigenvalue weighted by atomic mass is 32.2. The van der Waals surface area contributed by atoms with E-state index in [1.807, 2.05) is 78.9 Å². The highest BCUT2D eigenvalue weighted by molar-refractivity contribution is 7.99. The molecular formula is C28H19NO4S. The standard InChI is InChI=1S/C28H19NO4S/c30-24-22-25(33-28(32)26(24)34-19-12-5-2-6-13-19)21-16-15-17-9-7-8-14-20(17)23(21)29(27(22)31)18-10-3-1-4-11-18/h1-14,30H,15-16H2. The lowest BCUT2D eigenvalue weighted by Crippen LogP contribution is -2.25. The molecule has 0 unspecified atom stereocenters. The first kappa shape index (κ1) is 20.6. The number of hydrogen-bond donors (Lipinski definition) is 1. The second-order valence-corrected chi connectivity index (χ2v) is 9.23. The van der Waals surface area contributed by atoms with E-state index in [4.69, 9.17) is 4.42 Å². The summed E-state index contributed by atoms with van der Waals surface area (Å²) in [5, 5.41) is 11.3. The van der Waals surface area contributed by atoms with Gasteiger partial charge in [-0.25, -0.2) is 4.79 Å². The quantitative estimate of drug-likeness (QED) is 0.377. The maximum Gasteiger partial charge on any atom is 0.354 e. The number of benzene rings is 3. The van der Waals surface area contributed by atoms with E-state index in [1.165, 1.54) is 0 Å². The SMILES string of the molecule is O=c1oc2c3c(n(-c4ccccc4)c(=O)c2c(O)c1Sc1ccccc1)-c1ccccc1CC3. The minimum Gasteiger partial charge on any atom is -0.505 e. The largest absolute Gasteiger partial charge is 0.505 e. The molecule has 0 saturated carbocycles. The number of nitrogens with zero attached hydrogens (tertiary/aromatic N) is 1. The molecule has 0 bridgehead atoms. The van der Waals surface area contributed by atoms with E-state index < -0.39 is 11.2 Å². The van der Waals surface area contributed by atoms with Crippen molar-refractivity contribution < 1.29 is 9.52 Å². The summed E-state index contributed by atoms with van der Waals surface area (Å²) in [4.78, 5) is 27.7. The molecule has 5 aromatic rings. The van der Waals surface area contributed by atoms with Crippen LogP contribution in [-0.4, -0.2) is 9.67 Å². The van der Waals surface area contributed by atoms with Gasteiger partial charge in [0.05, 0.1) is 5.69 Å². The van der Waals surface area contributed by atoms with Crippen molar-refractivity contribution in [1.82, 2.24) is 4.57 Å². The fourth-order valence-corrected chi connectivity index (χ4v) is 5.49. The zero-order chi connectivity index (χ0) is 23.2. The van der Waals surface area contributed by atoms with Crippen LogP contribution >= 0.6 is 11.8 Å². The second kappa shape index (κ2) is 8.08. The van der Waals surface area contributed by atoms with Gasteiger partial charge in [0, 0.05) is 21.7 Å². The van der Waals surface area contributed by atoms with Crippen LogP contribution in [0.4, 0.5) is 0 Å². The number of aromatic nitrogens is 1. The Balaban J connectivity index is 1.73. The molecule has 0 atom stereocenters. The van der Waals surface area contributed by atoms with Gasteiger partial charge in [0.25, 0.3) is 5.56 Å². The first-order chi connectivity index (χ1) is 16.6. The Hall–Kier alpha value is -4.03. The molecule has 0 aliphatic heterocycles. The summed E-state index contributed by atoms with van der Waals surface area (Å²) >= 11 is 1.09. The maximum absolute atomic E-state index is 14.0. The molecule has 1 N–H and O–H groups in total. The Morgan fingerprint density at radius 3 is 2.26 bits per heavy atom. The molecule has 1 aliphatic carbocycles. The molecule has 6 rings (SSSR count). The summed E-state index contributed by atoms with van der Waals surface area (Å²) in [6.45, 7) is 0. The van der Waals surface area contributed by atoms with E-state index in [1.54, 1.807) is 4.57 Å². The fraction of sp³-hybridized carbons (Fsp3) is 0.0714. The second-order valence-electron chi connectivity index (χ2n) is 8.15. The van der Waals surface area contributed by atoms with Crippen molar-refractivity contribution in [1.29, 1.82) is 0 Å². The van der Waals surface area contributed by atoms with Crippen molar-refractivity contribution in [2.45, 2.75) is 22.6 Å². The van der Waals surface area contributed by atoms with Gasteiger partial charge in [0.15, 0.2) is 11.3 Å². The third-order valence-electron chi connectivity index (χ3n) is 6.15. The van der Waals surface area contributed by atoms with Crippen LogP contribution in [0.5, 0.6) is 5.75 Å². The first-order valence-corrected chi connectivity index (χ1v) is 11.8. The third-order valence-corrected chi connectivity index (χ3v) is 7.23. The lowest BCUT2D eigenvalue weighted by atomic mass is 9.87. The Morgan fingerprint density at radius 1 is 0.824 bits per heavy atom. The lowest BCUT2D eigenvalue weighted by Gasteiger charge is -2.25. The van der Waals surface area contributed by atoms with Gasteiger partial charge in [-0.15, -0.1) is 0 Å². The molecule has 2 aromatic heterocycles. The Morgan fingerprint density at radius 2 is 1.50 bits per heavy atom. The van der Waals surface area contributed by atoms with Gasteiger partial charge in [0.1, 0.15) is 10.3 Å². The molecule has 0 spiro atoms. The number of rotatable bonds is 3. The van der Waals surface area contributed by atoms with E-state index in [0.29, 0.717) is 17.8 Å². The number of fused-ring (bicyclic) bond motifs is 5. The summed E-state index contributed by atoms with van der Waals surface area (Å²) in [5.74, 6) is -0.337. The van der Waals surface area contributed by atoms with Crippen LogP contribution < -0.4 is 11.2 Å². The van der Waals surface area contributed by atoms with Crippen LogP contribution in [0, 0.1) is 0 Å². The molecular weight excluding hydrogens is 446 g/mol. The van der Waals surface area contributed by atoms with Crippen LogP contribution in [-0.2, 0) is 12.8 Å². The molecule has 2 heterocycles. The monoisotopic (exact) mass is 465 g/mol. The molecule has 34 heavy (non-hydrogen) atoms. The van der Waals surface area contributed by atoms with Gasteiger partial charge < -0.3 is 9.52 Å². The zero-order valence-electron chi connectivity index (χ0n) is 18.0. The minimum atomic E-state index is -0.656.